The van der Waals surface area contributed by atoms with Crippen molar-refractivity contribution >= 4 is 23.2 Å². The number of nitro groups is 1. The van der Waals surface area contributed by atoms with E-state index < -0.39 is 28.0 Å². The highest BCUT2D eigenvalue weighted by atomic mass is 16.6. The minimum absolute atomic E-state index is 0.111. The third-order valence-corrected chi connectivity index (χ3v) is 5.37. The van der Waals surface area contributed by atoms with Crippen LogP contribution < -0.4 is 4.90 Å². The molecule has 3 aliphatic heterocycles. The van der Waals surface area contributed by atoms with E-state index in [1.54, 1.807) is 32.9 Å². The number of ether oxygens (including phenoxy) is 1. The van der Waals surface area contributed by atoms with Gasteiger partial charge in [-0.1, -0.05) is 18.2 Å². The second-order valence-corrected chi connectivity index (χ2v) is 7.00. The SMILES string of the molecule is Cc1ccc(N2C(=O)[C@@H]3[C@H](C2=O)[C@@]2(C)C=C[C@@]3(C)O2)cc1[N+](=O)[O-]. The highest BCUT2D eigenvalue weighted by Crippen LogP contribution is 2.57. The molecule has 0 saturated carbocycles. The van der Waals surface area contributed by atoms with Gasteiger partial charge >= 0.3 is 0 Å². The molecule has 1 aromatic rings. The Labute approximate surface area is 138 Å². The average Bonchev–Trinajstić information content (AvgIpc) is 3.04. The second kappa shape index (κ2) is 4.30. The number of anilines is 1. The summed E-state index contributed by atoms with van der Waals surface area (Å²) in [7, 11) is 0. The van der Waals surface area contributed by atoms with Gasteiger partial charge in [-0.05, 0) is 26.8 Å². The fourth-order valence-corrected chi connectivity index (χ4v) is 4.22. The first-order valence-electron chi connectivity index (χ1n) is 7.71. The highest BCUT2D eigenvalue weighted by Gasteiger charge is 2.70. The van der Waals surface area contributed by atoms with Gasteiger partial charge in [-0.3, -0.25) is 19.7 Å². The quantitative estimate of drug-likeness (QED) is 0.359. The largest absolute Gasteiger partial charge is 0.359 e. The first kappa shape index (κ1) is 15.0. The lowest BCUT2D eigenvalue weighted by Gasteiger charge is -2.25. The average molecular weight is 328 g/mol. The maximum atomic E-state index is 12.9. The molecule has 2 saturated heterocycles. The monoisotopic (exact) mass is 328 g/mol. The summed E-state index contributed by atoms with van der Waals surface area (Å²) < 4.78 is 5.93. The van der Waals surface area contributed by atoms with Crippen LogP contribution in [-0.2, 0) is 14.3 Å². The molecule has 0 spiro atoms. The Morgan fingerprint density at radius 2 is 1.67 bits per heavy atom. The Morgan fingerprint density at radius 1 is 1.12 bits per heavy atom. The number of nitrogens with zero attached hydrogens (tertiary/aromatic N) is 2. The van der Waals surface area contributed by atoms with Gasteiger partial charge in [0.2, 0.25) is 11.8 Å². The zero-order valence-corrected chi connectivity index (χ0v) is 13.5. The second-order valence-electron chi connectivity index (χ2n) is 7.00. The third-order valence-electron chi connectivity index (χ3n) is 5.37. The number of hydrogen-bond acceptors (Lipinski definition) is 5. The predicted molar refractivity (Wildman–Crippen MR) is 84.3 cm³/mol. The number of carbonyl (C=O) groups is 2. The van der Waals surface area contributed by atoms with Crippen LogP contribution in [0.2, 0.25) is 0 Å². The van der Waals surface area contributed by atoms with E-state index in [0.717, 1.165) is 4.90 Å². The molecule has 7 nitrogen and oxygen atoms in total. The van der Waals surface area contributed by atoms with E-state index in [9.17, 15) is 19.7 Å². The molecule has 2 amide bonds. The summed E-state index contributed by atoms with van der Waals surface area (Å²) >= 11 is 0. The Bertz CT molecular complexity index is 811. The van der Waals surface area contributed by atoms with Gasteiger partial charge in [-0.25, -0.2) is 4.90 Å². The van der Waals surface area contributed by atoms with E-state index >= 15 is 0 Å². The minimum atomic E-state index is -0.808. The van der Waals surface area contributed by atoms with Crippen LogP contribution in [0.15, 0.2) is 30.4 Å². The number of imide groups is 1. The van der Waals surface area contributed by atoms with Gasteiger partial charge in [0.05, 0.1) is 33.6 Å². The number of aryl methyl sites for hydroxylation is 1. The van der Waals surface area contributed by atoms with Crippen molar-refractivity contribution in [2.24, 2.45) is 11.8 Å². The van der Waals surface area contributed by atoms with Gasteiger partial charge in [-0.15, -0.1) is 0 Å². The summed E-state index contributed by atoms with van der Waals surface area (Å²) in [6.07, 6.45) is 3.67. The van der Waals surface area contributed by atoms with E-state index in [2.05, 4.69) is 0 Å². The number of fused-ring (bicyclic) bond motifs is 5. The molecule has 0 aliphatic carbocycles. The lowest BCUT2D eigenvalue weighted by atomic mass is 9.73. The molecular weight excluding hydrogens is 312 g/mol. The summed E-state index contributed by atoms with van der Waals surface area (Å²) in [6.45, 7) is 5.21. The molecule has 124 valence electrons. The molecule has 0 N–H and O–H groups in total. The van der Waals surface area contributed by atoms with E-state index in [1.807, 2.05) is 12.2 Å². The van der Waals surface area contributed by atoms with E-state index in [-0.39, 0.29) is 23.2 Å². The first-order valence-corrected chi connectivity index (χ1v) is 7.71. The highest BCUT2D eigenvalue weighted by molar-refractivity contribution is 6.23. The van der Waals surface area contributed by atoms with Crippen molar-refractivity contribution in [1.82, 2.24) is 0 Å². The van der Waals surface area contributed by atoms with E-state index in [0.29, 0.717) is 5.56 Å². The van der Waals surface area contributed by atoms with Crippen LogP contribution in [0.5, 0.6) is 0 Å². The van der Waals surface area contributed by atoms with Crippen molar-refractivity contribution in [3.8, 4) is 0 Å². The van der Waals surface area contributed by atoms with E-state index in [4.69, 9.17) is 4.74 Å². The smallest absolute Gasteiger partial charge is 0.274 e. The van der Waals surface area contributed by atoms with Gasteiger partial charge in [-0.2, -0.15) is 0 Å². The molecule has 1 aromatic carbocycles. The number of rotatable bonds is 2. The molecule has 0 unspecified atom stereocenters. The zero-order chi connectivity index (χ0) is 17.4. The van der Waals surface area contributed by atoms with Crippen molar-refractivity contribution in [2.45, 2.75) is 32.0 Å². The number of carbonyl (C=O) groups excluding carboxylic acids is 2. The van der Waals surface area contributed by atoms with Crippen LogP contribution in [0.3, 0.4) is 0 Å². The molecule has 24 heavy (non-hydrogen) atoms. The van der Waals surface area contributed by atoms with Crippen molar-refractivity contribution in [3.63, 3.8) is 0 Å². The number of benzene rings is 1. The molecule has 0 radical (unpaired) electrons. The Hall–Kier alpha value is -2.54. The molecular formula is C17H16N2O5. The van der Waals surface area contributed by atoms with Gasteiger partial charge in [0.25, 0.3) is 5.69 Å². The molecule has 2 bridgehead atoms. The molecule has 3 aliphatic rings. The van der Waals surface area contributed by atoms with Crippen LogP contribution in [0, 0.1) is 28.9 Å². The van der Waals surface area contributed by atoms with Crippen molar-refractivity contribution in [2.75, 3.05) is 4.90 Å². The minimum Gasteiger partial charge on any atom is -0.359 e. The molecule has 7 heteroatoms. The summed E-state index contributed by atoms with van der Waals surface area (Å²) in [6, 6.07) is 4.40. The van der Waals surface area contributed by atoms with Crippen LogP contribution in [0.4, 0.5) is 11.4 Å². The Morgan fingerprint density at radius 3 is 2.17 bits per heavy atom. The van der Waals surface area contributed by atoms with Gasteiger partial charge in [0.1, 0.15) is 0 Å². The lowest BCUT2D eigenvalue weighted by Crippen LogP contribution is -2.39. The van der Waals surface area contributed by atoms with Crippen LogP contribution >= 0.6 is 0 Å². The van der Waals surface area contributed by atoms with Gasteiger partial charge < -0.3 is 4.74 Å². The molecule has 4 rings (SSSR count). The normalized spacial score (nSPS) is 36.5. The molecule has 2 fully saturated rings. The summed E-state index contributed by atoms with van der Waals surface area (Å²) in [5.74, 6) is -1.92. The zero-order valence-electron chi connectivity index (χ0n) is 13.5. The number of hydrogen-bond donors (Lipinski definition) is 0. The molecule has 4 atom stereocenters. The van der Waals surface area contributed by atoms with Crippen LogP contribution in [-0.4, -0.2) is 27.9 Å². The fourth-order valence-electron chi connectivity index (χ4n) is 4.22. The van der Waals surface area contributed by atoms with Gasteiger partial charge in [0.15, 0.2) is 0 Å². The lowest BCUT2D eigenvalue weighted by molar-refractivity contribution is -0.385. The Balaban J connectivity index is 1.80. The van der Waals surface area contributed by atoms with E-state index in [1.165, 1.54) is 6.07 Å². The molecule has 0 aromatic heterocycles. The third kappa shape index (κ3) is 1.65. The van der Waals surface area contributed by atoms with Crippen LogP contribution in [0.25, 0.3) is 0 Å². The summed E-state index contributed by atoms with van der Waals surface area (Å²) in [5.41, 5.74) is -1.01. The predicted octanol–water partition coefficient (Wildman–Crippen LogP) is 2.13. The van der Waals surface area contributed by atoms with Crippen LogP contribution in [0.1, 0.15) is 19.4 Å². The number of amides is 2. The maximum absolute atomic E-state index is 12.9. The summed E-state index contributed by atoms with van der Waals surface area (Å²) in [4.78, 5) is 37.6. The van der Waals surface area contributed by atoms with Crippen molar-refractivity contribution in [1.29, 1.82) is 0 Å². The standard InChI is InChI=1S/C17H16N2O5/c1-9-4-5-10(8-11(9)19(22)23)18-14(20)12-13(15(18)21)17(3)7-6-16(12,2)24-17/h4-8,12-13H,1-3H3/t12-,13+,16-,17-/m1/s1. The maximum Gasteiger partial charge on any atom is 0.274 e. The van der Waals surface area contributed by atoms with Crippen molar-refractivity contribution in [3.05, 3.63) is 46.0 Å². The fraction of sp³-hybridized carbons (Fsp3) is 0.412. The van der Waals surface area contributed by atoms with Crippen molar-refractivity contribution < 1.29 is 19.2 Å². The summed E-state index contributed by atoms with van der Waals surface area (Å²) in [5, 5.41) is 11.2. The number of nitro benzene ring substituents is 1. The first-order chi connectivity index (χ1) is 11.2. The van der Waals surface area contributed by atoms with Gasteiger partial charge in [0, 0.05) is 11.6 Å². The Kier molecular flexibility index (Phi) is 2.69. The topological polar surface area (TPSA) is 89.8 Å². The molecule has 3 heterocycles.